The summed E-state index contributed by atoms with van der Waals surface area (Å²) in [7, 11) is 0. The van der Waals surface area contributed by atoms with E-state index >= 15 is 0 Å². The lowest BCUT2D eigenvalue weighted by molar-refractivity contribution is -0.143. The SMILES string of the molecule is CCCCNC(=O)COC(=O)/C=C/c1ccc2c(c1)OCO2. The number of hydrogen-bond donors (Lipinski definition) is 1. The lowest BCUT2D eigenvalue weighted by Crippen LogP contribution is -2.29. The zero-order chi connectivity index (χ0) is 15.8. The second-order valence-electron chi connectivity index (χ2n) is 4.76. The number of carbonyl (C=O) groups is 2. The lowest BCUT2D eigenvalue weighted by atomic mass is 10.2. The molecule has 22 heavy (non-hydrogen) atoms. The molecule has 1 aromatic carbocycles. The summed E-state index contributed by atoms with van der Waals surface area (Å²) in [4.78, 5) is 22.9. The fraction of sp³-hybridized carbons (Fsp3) is 0.375. The van der Waals surface area contributed by atoms with Gasteiger partial charge in [0, 0.05) is 12.6 Å². The molecule has 0 saturated carbocycles. The predicted octanol–water partition coefficient (Wildman–Crippen LogP) is 1.89. The van der Waals surface area contributed by atoms with Gasteiger partial charge in [-0.1, -0.05) is 19.4 Å². The van der Waals surface area contributed by atoms with Crippen molar-refractivity contribution in [3.8, 4) is 11.5 Å². The first-order valence-corrected chi connectivity index (χ1v) is 7.20. The van der Waals surface area contributed by atoms with Gasteiger partial charge >= 0.3 is 5.97 Å². The van der Waals surface area contributed by atoms with Crippen LogP contribution in [-0.4, -0.2) is 31.8 Å². The maximum Gasteiger partial charge on any atom is 0.331 e. The number of fused-ring (bicyclic) bond motifs is 1. The van der Waals surface area contributed by atoms with E-state index in [1.165, 1.54) is 6.08 Å². The first-order chi connectivity index (χ1) is 10.7. The van der Waals surface area contributed by atoms with E-state index in [2.05, 4.69) is 5.32 Å². The molecule has 1 N–H and O–H groups in total. The van der Waals surface area contributed by atoms with Crippen LogP contribution >= 0.6 is 0 Å². The van der Waals surface area contributed by atoms with Gasteiger partial charge in [0.25, 0.3) is 5.91 Å². The summed E-state index contributed by atoms with van der Waals surface area (Å²) >= 11 is 0. The molecule has 0 aromatic heterocycles. The molecule has 0 bridgehead atoms. The van der Waals surface area contributed by atoms with E-state index in [1.54, 1.807) is 24.3 Å². The highest BCUT2D eigenvalue weighted by Crippen LogP contribution is 2.32. The van der Waals surface area contributed by atoms with Gasteiger partial charge in [0.1, 0.15) is 0 Å². The maximum atomic E-state index is 11.5. The highest BCUT2D eigenvalue weighted by atomic mass is 16.7. The van der Waals surface area contributed by atoms with E-state index in [0.29, 0.717) is 18.0 Å². The molecule has 2 rings (SSSR count). The molecule has 0 spiro atoms. The van der Waals surface area contributed by atoms with Gasteiger partial charge in [0.2, 0.25) is 6.79 Å². The van der Waals surface area contributed by atoms with Crippen LogP contribution in [0.5, 0.6) is 11.5 Å². The van der Waals surface area contributed by atoms with Crippen LogP contribution in [-0.2, 0) is 14.3 Å². The van der Waals surface area contributed by atoms with Gasteiger partial charge in [0.15, 0.2) is 18.1 Å². The summed E-state index contributed by atoms with van der Waals surface area (Å²) in [5, 5.41) is 2.67. The zero-order valence-electron chi connectivity index (χ0n) is 12.5. The van der Waals surface area contributed by atoms with Crippen LogP contribution in [0.3, 0.4) is 0 Å². The molecule has 1 amide bonds. The molecule has 0 atom stereocenters. The minimum atomic E-state index is -0.566. The Balaban J connectivity index is 1.75. The predicted molar refractivity (Wildman–Crippen MR) is 80.5 cm³/mol. The van der Waals surface area contributed by atoms with Crippen molar-refractivity contribution in [2.75, 3.05) is 19.9 Å². The molecule has 118 valence electrons. The third-order valence-corrected chi connectivity index (χ3v) is 3.01. The Morgan fingerprint density at radius 1 is 1.32 bits per heavy atom. The molecule has 0 radical (unpaired) electrons. The summed E-state index contributed by atoms with van der Waals surface area (Å²) in [5.41, 5.74) is 0.786. The third kappa shape index (κ3) is 4.80. The first-order valence-electron chi connectivity index (χ1n) is 7.20. The molecule has 1 heterocycles. The molecule has 0 saturated heterocycles. The normalized spacial score (nSPS) is 12.4. The molecule has 1 aliphatic heterocycles. The summed E-state index contributed by atoms with van der Waals surface area (Å²) in [6.45, 7) is 2.57. The van der Waals surface area contributed by atoms with Crippen molar-refractivity contribution >= 4 is 18.0 Å². The fourth-order valence-electron chi connectivity index (χ4n) is 1.82. The van der Waals surface area contributed by atoms with Crippen LogP contribution in [0.1, 0.15) is 25.3 Å². The van der Waals surface area contributed by atoms with Crippen LogP contribution < -0.4 is 14.8 Å². The van der Waals surface area contributed by atoms with Crippen molar-refractivity contribution < 1.29 is 23.8 Å². The Morgan fingerprint density at radius 2 is 2.14 bits per heavy atom. The van der Waals surface area contributed by atoms with Crippen molar-refractivity contribution in [1.29, 1.82) is 0 Å². The van der Waals surface area contributed by atoms with Crippen molar-refractivity contribution in [1.82, 2.24) is 5.32 Å². The van der Waals surface area contributed by atoms with E-state index in [4.69, 9.17) is 14.2 Å². The van der Waals surface area contributed by atoms with Gasteiger partial charge in [-0.25, -0.2) is 4.79 Å². The molecule has 0 aliphatic carbocycles. The molecule has 1 aromatic rings. The summed E-state index contributed by atoms with van der Waals surface area (Å²) in [6, 6.07) is 5.34. The number of hydrogen-bond acceptors (Lipinski definition) is 5. The van der Waals surface area contributed by atoms with Crippen molar-refractivity contribution in [3.63, 3.8) is 0 Å². The molecule has 0 unspecified atom stereocenters. The number of ether oxygens (including phenoxy) is 3. The van der Waals surface area contributed by atoms with Crippen molar-refractivity contribution in [3.05, 3.63) is 29.8 Å². The average Bonchev–Trinajstić information content (AvgIpc) is 2.98. The number of esters is 1. The molecule has 1 aliphatic rings. The summed E-state index contributed by atoms with van der Waals surface area (Å²) in [5.74, 6) is 0.468. The van der Waals surface area contributed by atoms with Gasteiger partial charge in [-0.15, -0.1) is 0 Å². The Hall–Kier alpha value is -2.50. The molecule has 6 heteroatoms. The van der Waals surface area contributed by atoms with E-state index in [1.807, 2.05) is 6.92 Å². The van der Waals surface area contributed by atoms with Gasteiger partial charge in [0.05, 0.1) is 0 Å². The minimum absolute atomic E-state index is 0.206. The van der Waals surface area contributed by atoms with E-state index in [-0.39, 0.29) is 19.3 Å². The van der Waals surface area contributed by atoms with Crippen molar-refractivity contribution in [2.45, 2.75) is 19.8 Å². The molecular weight excluding hydrogens is 286 g/mol. The van der Waals surface area contributed by atoms with Gasteiger partial charge in [-0.3, -0.25) is 4.79 Å². The highest BCUT2D eigenvalue weighted by molar-refractivity contribution is 5.89. The quantitative estimate of drug-likeness (QED) is 0.473. The number of unbranched alkanes of at least 4 members (excludes halogenated alkanes) is 1. The largest absolute Gasteiger partial charge is 0.454 e. The number of nitrogens with one attached hydrogen (secondary N) is 1. The summed E-state index contributed by atoms with van der Waals surface area (Å²) < 4.78 is 15.3. The Labute approximate surface area is 129 Å². The van der Waals surface area contributed by atoms with E-state index < -0.39 is 5.97 Å². The Bertz CT molecular complexity index is 568. The van der Waals surface area contributed by atoms with Crippen LogP contribution in [0, 0.1) is 0 Å². The second kappa shape index (κ2) is 8.07. The van der Waals surface area contributed by atoms with Gasteiger partial charge < -0.3 is 19.5 Å². The third-order valence-electron chi connectivity index (χ3n) is 3.01. The summed E-state index contributed by atoms with van der Waals surface area (Å²) in [6.07, 6.45) is 4.78. The minimum Gasteiger partial charge on any atom is -0.454 e. The molecule has 0 fully saturated rings. The highest BCUT2D eigenvalue weighted by Gasteiger charge is 2.12. The average molecular weight is 305 g/mol. The van der Waals surface area contributed by atoms with Crippen LogP contribution in [0.15, 0.2) is 24.3 Å². The van der Waals surface area contributed by atoms with Gasteiger partial charge in [-0.05, 0) is 30.2 Å². The maximum absolute atomic E-state index is 11.5. The van der Waals surface area contributed by atoms with E-state index in [9.17, 15) is 9.59 Å². The number of carbonyl (C=O) groups excluding carboxylic acids is 2. The monoisotopic (exact) mass is 305 g/mol. The zero-order valence-corrected chi connectivity index (χ0v) is 12.5. The Morgan fingerprint density at radius 3 is 2.95 bits per heavy atom. The Kier molecular flexibility index (Phi) is 5.82. The molecule has 6 nitrogen and oxygen atoms in total. The molecular formula is C16H19NO5. The van der Waals surface area contributed by atoms with Crippen LogP contribution in [0.2, 0.25) is 0 Å². The lowest BCUT2D eigenvalue weighted by Gasteiger charge is -2.04. The van der Waals surface area contributed by atoms with Crippen molar-refractivity contribution in [2.24, 2.45) is 0 Å². The number of rotatable bonds is 7. The van der Waals surface area contributed by atoms with E-state index in [0.717, 1.165) is 18.4 Å². The standard InChI is InChI=1S/C16H19NO5/c1-2-3-8-17-15(18)10-20-16(19)7-5-12-4-6-13-14(9-12)22-11-21-13/h4-7,9H,2-3,8,10-11H2,1H3,(H,17,18)/b7-5+. The number of amides is 1. The second-order valence-corrected chi connectivity index (χ2v) is 4.76. The smallest absolute Gasteiger partial charge is 0.331 e. The van der Waals surface area contributed by atoms with Crippen LogP contribution in [0.25, 0.3) is 6.08 Å². The van der Waals surface area contributed by atoms with Gasteiger partial charge in [-0.2, -0.15) is 0 Å². The first kappa shape index (κ1) is 15.9. The number of benzene rings is 1. The topological polar surface area (TPSA) is 73.9 Å². The van der Waals surface area contributed by atoms with Crippen LogP contribution in [0.4, 0.5) is 0 Å². The fourth-order valence-corrected chi connectivity index (χ4v) is 1.82.